The van der Waals surface area contributed by atoms with Crippen molar-refractivity contribution in [1.82, 2.24) is 9.78 Å². The number of para-hydroxylation sites is 2. The molecule has 0 saturated heterocycles. The Balaban J connectivity index is 1.54. The summed E-state index contributed by atoms with van der Waals surface area (Å²) < 4.78 is 7.81. The lowest BCUT2D eigenvalue weighted by atomic mass is 10.0. The summed E-state index contributed by atoms with van der Waals surface area (Å²) in [6.45, 7) is 1.73. The Morgan fingerprint density at radius 1 is 0.906 bits per heavy atom. The molecule has 0 aliphatic carbocycles. The zero-order valence-electron chi connectivity index (χ0n) is 17.3. The summed E-state index contributed by atoms with van der Waals surface area (Å²) in [5.41, 5.74) is 2.52. The molecule has 0 aliphatic rings. The molecule has 2 aromatic heterocycles. The minimum Gasteiger partial charge on any atom is -0.455 e. The van der Waals surface area contributed by atoms with Gasteiger partial charge in [-0.2, -0.15) is 5.10 Å². The van der Waals surface area contributed by atoms with E-state index in [1.54, 1.807) is 42.1 Å². The highest BCUT2D eigenvalue weighted by Gasteiger charge is 2.19. The van der Waals surface area contributed by atoms with Gasteiger partial charge in [0.05, 0.1) is 16.6 Å². The number of fused-ring (bicyclic) bond motifs is 1. The summed E-state index contributed by atoms with van der Waals surface area (Å²) in [5.74, 6) is 0.449. The number of carbonyl (C=O) groups is 1. The topological polar surface area (TPSA) is 77.1 Å². The average molecular weight is 421 g/mol. The SMILES string of the molecule is Cc1c(-c2ccccc2)oc2c(C(=O)Nc3ccn(-c4ccccc4)n3)cccc2c1=O. The average Bonchev–Trinajstić information content (AvgIpc) is 3.30. The van der Waals surface area contributed by atoms with Crippen LogP contribution >= 0.6 is 0 Å². The number of nitrogens with one attached hydrogen (secondary N) is 1. The standard InChI is InChI=1S/C26H19N3O3/c1-17-23(30)20-13-8-14-21(25(20)32-24(17)18-9-4-2-5-10-18)26(31)27-22-15-16-29(28-22)19-11-6-3-7-12-19/h2-16H,1H3,(H,27,28,31). The van der Waals surface area contributed by atoms with Gasteiger partial charge in [0.25, 0.3) is 5.91 Å². The number of rotatable bonds is 4. The molecule has 0 unspecified atom stereocenters. The van der Waals surface area contributed by atoms with E-state index < -0.39 is 5.91 Å². The van der Waals surface area contributed by atoms with Gasteiger partial charge in [0, 0.05) is 23.4 Å². The summed E-state index contributed by atoms with van der Waals surface area (Å²) in [4.78, 5) is 26.1. The highest BCUT2D eigenvalue weighted by molar-refractivity contribution is 6.11. The van der Waals surface area contributed by atoms with E-state index in [2.05, 4.69) is 10.4 Å². The zero-order chi connectivity index (χ0) is 22.1. The van der Waals surface area contributed by atoms with Crippen LogP contribution in [0.1, 0.15) is 15.9 Å². The monoisotopic (exact) mass is 421 g/mol. The molecular formula is C26H19N3O3. The number of amides is 1. The number of anilines is 1. The molecular weight excluding hydrogens is 402 g/mol. The summed E-state index contributed by atoms with van der Waals surface area (Å²) in [7, 11) is 0. The van der Waals surface area contributed by atoms with E-state index >= 15 is 0 Å². The molecule has 1 N–H and O–H groups in total. The number of aromatic nitrogens is 2. The summed E-state index contributed by atoms with van der Waals surface area (Å²) in [6.07, 6.45) is 1.77. The molecule has 0 atom stereocenters. The van der Waals surface area contributed by atoms with E-state index in [1.807, 2.05) is 60.7 Å². The van der Waals surface area contributed by atoms with Crippen molar-refractivity contribution < 1.29 is 9.21 Å². The molecule has 0 fully saturated rings. The fraction of sp³-hybridized carbons (Fsp3) is 0.0385. The first-order chi connectivity index (χ1) is 15.6. The van der Waals surface area contributed by atoms with Crippen LogP contribution in [0.25, 0.3) is 28.0 Å². The van der Waals surface area contributed by atoms with Crippen molar-refractivity contribution in [2.75, 3.05) is 5.32 Å². The maximum Gasteiger partial charge on any atom is 0.260 e. The van der Waals surface area contributed by atoms with E-state index in [1.165, 1.54) is 0 Å². The molecule has 0 spiro atoms. The molecule has 2 heterocycles. The summed E-state index contributed by atoms with van der Waals surface area (Å²) in [6, 6.07) is 25.7. The summed E-state index contributed by atoms with van der Waals surface area (Å²) in [5, 5.41) is 7.58. The second-order valence-electron chi connectivity index (χ2n) is 7.37. The Morgan fingerprint density at radius 3 is 2.38 bits per heavy atom. The fourth-order valence-corrected chi connectivity index (χ4v) is 3.65. The predicted molar refractivity (Wildman–Crippen MR) is 124 cm³/mol. The molecule has 1 amide bonds. The first-order valence-corrected chi connectivity index (χ1v) is 10.2. The van der Waals surface area contributed by atoms with Crippen LogP contribution in [0.4, 0.5) is 5.82 Å². The molecule has 6 heteroatoms. The molecule has 3 aromatic carbocycles. The lowest BCUT2D eigenvalue weighted by Crippen LogP contribution is -2.15. The Kier molecular flexibility index (Phi) is 4.88. The van der Waals surface area contributed by atoms with Crippen molar-refractivity contribution in [3.63, 3.8) is 0 Å². The zero-order valence-corrected chi connectivity index (χ0v) is 17.3. The van der Waals surface area contributed by atoms with Gasteiger partial charge in [-0.1, -0.05) is 54.6 Å². The number of benzene rings is 3. The van der Waals surface area contributed by atoms with Gasteiger partial charge < -0.3 is 9.73 Å². The Bertz CT molecular complexity index is 1490. The number of carbonyl (C=O) groups excluding carboxylic acids is 1. The highest BCUT2D eigenvalue weighted by Crippen LogP contribution is 2.27. The van der Waals surface area contributed by atoms with E-state index in [4.69, 9.17) is 4.42 Å². The lowest BCUT2D eigenvalue weighted by Gasteiger charge is -2.10. The van der Waals surface area contributed by atoms with E-state index in [-0.39, 0.29) is 16.6 Å². The first-order valence-electron chi connectivity index (χ1n) is 10.2. The van der Waals surface area contributed by atoms with Crippen LogP contribution < -0.4 is 10.7 Å². The van der Waals surface area contributed by atoms with Gasteiger partial charge in [0.1, 0.15) is 5.76 Å². The third kappa shape index (κ3) is 3.48. The second-order valence-corrected chi connectivity index (χ2v) is 7.37. The smallest absolute Gasteiger partial charge is 0.260 e. The van der Waals surface area contributed by atoms with Crippen molar-refractivity contribution in [2.24, 2.45) is 0 Å². The van der Waals surface area contributed by atoms with Crippen LogP contribution in [-0.4, -0.2) is 15.7 Å². The van der Waals surface area contributed by atoms with Gasteiger partial charge in [0.15, 0.2) is 16.8 Å². The van der Waals surface area contributed by atoms with E-state index in [0.29, 0.717) is 22.5 Å². The minimum atomic E-state index is -0.403. The third-order valence-corrected chi connectivity index (χ3v) is 5.28. The Hall–Kier alpha value is -4.45. The van der Waals surface area contributed by atoms with Gasteiger partial charge in [0.2, 0.25) is 0 Å². The fourth-order valence-electron chi connectivity index (χ4n) is 3.65. The van der Waals surface area contributed by atoms with Gasteiger partial charge >= 0.3 is 0 Å². The van der Waals surface area contributed by atoms with Crippen LogP contribution in [0, 0.1) is 6.92 Å². The number of nitrogens with zero attached hydrogens (tertiary/aromatic N) is 2. The van der Waals surface area contributed by atoms with Crippen molar-refractivity contribution in [2.45, 2.75) is 6.92 Å². The van der Waals surface area contributed by atoms with Crippen LogP contribution in [0.15, 0.2) is 100 Å². The van der Waals surface area contributed by atoms with Crippen molar-refractivity contribution in [3.8, 4) is 17.0 Å². The second kappa shape index (κ2) is 8.00. The maximum absolute atomic E-state index is 13.1. The molecule has 156 valence electrons. The molecule has 0 radical (unpaired) electrons. The van der Waals surface area contributed by atoms with Crippen LogP contribution in [0.2, 0.25) is 0 Å². The Labute approximate surface area is 183 Å². The largest absolute Gasteiger partial charge is 0.455 e. The third-order valence-electron chi connectivity index (χ3n) is 5.28. The molecule has 0 aliphatic heterocycles. The quantitative estimate of drug-likeness (QED) is 0.432. The van der Waals surface area contributed by atoms with Crippen LogP contribution in [0.5, 0.6) is 0 Å². The maximum atomic E-state index is 13.1. The minimum absolute atomic E-state index is 0.159. The molecule has 32 heavy (non-hydrogen) atoms. The highest BCUT2D eigenvalue weighted by atomic mass is 16.3. The number of hydrogen-bond acceptors (Lipinski definition) is 4. The van der Waals surface area contributed by atoms with Crippen molar-refractivity contribution >= 4 is 22.7 Å². The van der Waals surface area contributed by atoms with Gasteiger partial charge in [-0.25, -0.2) is 4.68 Å². The molecule has 5 aromatic rings. The molecule has 0 saturated carbocycles. The van der Waals surface area contributed by atoms with Gasteiger partial charge in [-0.15, -0.1) is 0 Å². The van der Waals surface area contributed by atoms with Gasteiger partial charge in [-0.3, -0.25) is 9.59 Å². The normalized spacial score (nSPS) is 10.9. The first kappa shape index (κ1) is 19.5. The van der Waals surface area contributed by atoms with E-state index in [9.17, 15) is 9.59 Å². The van der Waals surface area contributed by atoms with Crippen LogP contribution in [-0.2, 0) is 0 Å². The van der Waals surface area contributed by atoms with Crippen molar-refractivity contribution in [3.05, 3.63) is 112 Å². The van der Waals surface area contributed by atoms with E-state index in [0.717, 1.165) is 11.3 Å². The molecule has 6 nitrogen and oxygen atoms in total. The predicted octanol–water partition coefficient (Wildman–Crippen LogP) is 5.21. The molecule has 5 rings (SSSR count). The van der Waals surface area contributed by atoms with Gasteiger partial charge in [-0.05, 0) is 31.2 Å². The molecule has 0 bridgehead atoms. The lowest BCUT2D eigenvalue weighted by molar-refractivity contribution is 0.102. The van der Waals surface area contributed by atoms with Crippen LogP contribution in [0.3, 0.4) is 0 Å². The van der Waals surface area contributed by atoms with Crippen molar-refractivity contribution in [1.29, 1.82) is 0 Å². The summed E-state index contributed by atoms with van der Waals surface area (Å²) >= 11 is 0. The Morgan fingerprint density at radius 2 is 1.62 bits per heavy atom. The number of hydrogen-bond donors (Lipinski definition) is 1.